The van der Waals surface area contributed by atoms with Gasteiger partial charge in [0.05, 0.1) is 0 Å². The molecular formula is C9H16N4. The number of hydrogen-bond donors (Lipinski definition) is 2. The molecule has 1 aromatic rings. The molecule has 0 unspecified atom stereocenters. The zero-order valence-electron chi connectivity index (χ0n) is 8.39. The molecule has 4 nitrogen and oxygen atoms in total. The molecule has 0 saturated heterocycles. The predicted octanol–water partition coefficient (Wildman–Crippen LogP) is 1.51. The van der Waals surface area contributed by atoms with Gasteiger partial charge in [-0.1, -0.05) is 6.92 Å². The minimum atomic E-state index is 0.882. The molecule has 2 N–H and O–H groups in total. The van der Waals surface area contributed by atoms with Crippen molar-refractivity contribution < 1.29 is 0 Å². The van der Waals surface area contributed by atoms with E-state index in [0.717, 1.165) is 30.2 Å². The van der Waals surface area contributed by atoms with Crippen LogP contribution >= 0.6 is 0 Å². The molecule has 72 valence electrons. The van der Waals surface area contributed by atoms with Crippen molar-refractivity contribution in [3.63, 3.8) is 0 Å². The SMILES string of the molecule is CCNc1ncnc(NC)c1CC. The largest absolute Gasteiger partial charge is 0.373 e. The van der Waals surface area contributed by atoms with Crippen LogP contribution < -0.4 is 10.6 Å². The van der Waals surface area contributed by atoms with E-state index in [1.165, 1.54) is 0 Å². The van der Waals surface area contributed by atoms with E-state index in [1.807, 2.05) is 7.05 Å². The predicted molar refractivity (Wildman–Crippen MR) is 55.1 cm³/mol. The first kappa shape index (κ1) is 9.77. The van der Waals surface area contributed by atoms with Gasteiger partial charge in [-0.3, -0.25) is 0 Å². The Morgan fingerprint density at radius 3 is 2.46 bits per heavy atom. The lowest BCUT2D eigenvalue weighted by Crippen LogP contribution is -2.07. The molecule has 1 heterocycles. The highest BCUT2D eigenvalue weighted by Crippen LogP contribution is 2.19. The number of hydrogen-bond acceptors (Lipinski definition) is 4. The summed E-state index contributed by atoms with van der Waals surface area (Å²) in [4.78, 5) is 8.33. The lowest BCUT2D eigenvalue weighted by Gasteiger charge is -2.11. The third kappa shape index (κ3) is 2.08. The summed E-state index contributed by atoms with van der Waals surface area (Å²) in [5.74, 6) is 1.85. The number of aromatic nitrogens is 2. The van der Waals surface area contributed by atoms with Gasteiger partial charge in [-0.05, 0) is 13.3 Å². The second-order valence-electron chi connectivity index (χ2n) is 2.68. The quantitative estimate of drug-likeness (QED) is 0.737. The van der Waals surface area contributed by atoms with Crippen LogP contribution in [0.25, 0.3) is 0 Å². The standard InChI is InChI=1S/C9H16N4/c1-4-7-8(10-3)12-6-13-9(7)11-5-2/h6H,4-5H2,1-3H3,(H2,10,11,12,13). The van der Waals surface area contributed by atoms with Crippen LogP contribution in [-0.4, -0.2) is 23.6 Å². The highest BCUT2D eigenvalue weighted by Gasteiger charge is 2.06. The van der Waals surface area contributed by atoms with E-state index in [9.17, 15) is 0 Å². The molecule has 0 radical (unpaired) electrons. The Hall–Kier alpha value is -1.32. The molecule has 1 aromatic heterocycles. The first-order valence-corrected chi connectivity index (χ1v) is 4.58. The summed E-state index contributed by atoms with van der Waals surface area (Å²) in [7, 11) is 1.87. The Labute approximate surface area is 78.8 Å². The molecular weight excluding hydrogens is 164 g/mol. The topological polar surface area (TPSA) is 49.8 Å². The van der Waals surface area contributed by atoms with Crippen molar-refractivity contribution in [3.05, 3.63) is 11.9 Å². The Morgan fingerprint density at radius 1 is 1.23 bits per heavy atom. The highest BCUT2D eigenvalue weighted by atomic mass is 15.1. The average Bonchev–Trinajstić information content (AvgIpc) is 2.18. The first-order chi connectivity index (χ1) is 6.33. The van der Waals surface area contributed by atoms with Crippen molar-refractivity contribution in [1.29, 1.82) is 0 Å². The van der Waals surface area contributed by atoms with E-state index >= 15 is 0 Å². The summed E-state index contributed by atoms with van der Waals surface area (Å²) < 4.78 is 0. The monoisotopic (exact) mass is 180 g/mol. The fourth-order valence-electron chi connectivity index (χ4n) is 1.28. The van der Waals surface area contributed by atoms with E-state index in [-0.39, 0.29) is 0 Å². The lowest BCUT2D eigenvalue weighted by molar-refractivity contribution is 1.02. The molecule has 0 aromatic carbocycles. The molecule has 0 saturated carbocycles. The molecule has 0 atom stereocenters. The molecule has 0 aliphatic heterocycles. The Morgan fingerprint density at radius 2 is 1.92 bits per heavy atom. The maximum absolute atomic E-state index is 4.19. The fraction of sp³-hybridized carbons (Fsp3) is 0.556. The van der Waals surface area contributed by atoms with Gasteiger partial charge >= 0.3 is 0 Å². The van der Waals surface area contributed by atoms with Crippen molar-refractivity contribution in [1.82, 2.24) is 9.97 Å². The van der Waals surface area contributed by atoms with Crippen LogP contribution in [0.15, 0.2) is 6.33 Å². The van der Waals surface area contributed by atoms with Gasteiger partial charge in [0.25, 0.3) is 0 Å². The van der Waals surface area contributed by atoms with Crippen LogP contribution in [0, 0.1) is 0 Å². The summed E-state index contributed by atoms with van der Waals surface area (Å²) in [6, 6.07) is 0. The molecule has 0 aliphatic carbocycles. The lowest BCUT2D eigenvalue weighted by atomic mass is 10.2. The second kappa shape index (κ2) is 4.64. The number of nitrogens with zero attached hydrogens (tertiary/aromatic N) is 2. The third-order valence-corrected chi connectivity index (χ3v) is 1.88. The molecule has 0 aliphatic rings. The van der Waals surface area contributed by atoms with Gasteiger partial charge in [-0.15, -0.1) is 0 Å². The van der Waals surface area contributed by atoms with Gasteiger partial charge in [0, 0.05) is 19.2 Å². The minimum Gasteiger partial charge on any atom is -0.373 e. The van der Waals surface area contributed by atoms with Crippen LogP contribution in [0.5, 0.6) is 0 Å². The van der Waals surface area contributed by atoms with Gasteiger partial charge in [-0.2, -0.15) is 0 Å². The highest BCUT2D eigenvalue weighted by molar-refractivity contribution is 5.56. The van der Waals surface area contributed by atoms with Crippen LogP contribution in [0.2, 0.25) is 0 Å². The van der Waals surface area contributed by atoms with E-state index in [4.69, 9.17) is 0 Å². The summed E-state index contributed by atoms with van der Waals surface area (Å²) in [5.41, 5.74) is 1.15. The maximum atomic E-state index is 4.19. The van der Waals surface area contributed by atoms with Gasteiger partial charge in [-0.25, -0.2) is 9.97 Å². The zero-order chi connectivity index (χ0) is 9.68. The van der Waals surface area contributed by atoms with Crippen LogP contribution in [0.1, 0.15) is 19.4 Å². The van der Waals surface area contributed by atoms with Gasteiger partial charge in [0.2, 0.25) is 0 Å². The van der Waals surface area contributed by atoms with E-state index in [2.05, 4.69) is 34.4 Å². The van der Waals surface area contributed by atoms with Gasteiger partial charge < -0.3 is 10.6 Å². The van der Waals surface area contributed by atoms with E-state index in [0.29, 0.717) is 0 Å². The Balaban J connectivity index is 3.03. The number of anilines is 2. The second-order valence-corrected chi connectivity index (χ2v) is 2.68. The van der Waals surface area contributed by atoms with Gasteiger partial charge in [0.15, 0.2) is 0 Å². The molecule has 0 spiro atoms. The van der Waals surface area contributed by atoms with Crippen LogP contribution in [0.3, 0.4) is 0 Å². The van der Waals surface area contributed by atoms with Crippen LogP contribution in [-0.2, 0) is 6.42 Å². The third-order valence-electron chi connectivity index (χ3n) is 1.88. The zero-order valence-corrected chi connectivity index (χ0v) is 8.39. The Bertz CT molecular complexity index is 272. The summed E-state index contributed by atoms with van der Waals surface area (Å²) in [5, 5.41) is 6.26. The Kier molecular flexibility index (Phi) is 3.49. The minimum absolute atomic E-state index is 0.882. The number of nitrogens with one attached hydrogen (secondary N) is 2. The summed E-state index contributed by atoms with van der Waals surface area (Å²) in [6.07, 6.45) is 2.50. The molecule has 0 fully saturated rings. The average molecular weight is 180 g/mol. The molecule has 13 heavy (non-hydrogen) atoms. The van der Waals surface area contributed by atoms with Gasteiger partial charge in [0.1, 0.15) is 18.0 Å². The summed E-state index contributed by atoms with van der Waals surface area (Å²) >= 11 is 0. The van der Waals surface area contributed by atoms with Crippen molar-refractivity contribution >= 4 is 11.6 Å². The van der Waals surface area contributed by atoms with E-state index in [1.54, 1.807) is 6.33 Å². The maximum Gasteiger partial charge on any atom is 0.134 e. The van der Waals surface area contributed by atoms with Crippen molar-refractivity contribution in [2.75, 3.05) is 24.2 Å². The van der Waals surface area contributed by atoms with Crippen molar-refractivity contribution in [2.24, 2.45) is 0 Å². The van der Waals surface area contributed by atoms with E-state index < -0.39 is 0 Å². The summed E-state index contributed by atoms with van der Waals surface area (Å²) in [6.45, 7) is 5.04. The first-order valence-electron chi connectivity index (χ1n) is 4.58. The molecule has 1 rings (SSSR count). The normalized spacial score (nSPS) is 9.77. The smallest absolute Gasteiger partial charge is 0.134 e. The molecule has 0 bridgehead atoms. The fourth-order valence-corrected chi connectivity index (χ4v) is 1.28. The van der Waals surface area contributed by atoms with Crippen molar-refractivity contribution in [2.45, 2.75) is 20.3 Å². The number of rotatable bonds is 4. The molecule has 0 amide bonds. The van der Waals surface area contributed by atoms with Crippen molar-refractivity contribution in [3.8, 4) is 0 Å². The van der Waals surface area contributed by atoms with Crippen LogP contribution in [0.4, 0.5) is 11.6 Å². The molecule has 4 heteroatoms.